The van der Waals surface area contributed by atoms with Crippen molar-refractivity contribution in [1.82, 2.24) is 4.98 Å². The van der Waals surface area contributed by atoms with E-state index in [1.165, 1.54) is 18.2 Å². The van der Waals surface area contributed by atoms with E-state index in [2.05, 4.69) is 20.9 Å². The van der Waals surface area contributed by atoms with Crippen LogP contribution >= 0.6 is 15.9 Å². The van der Waals surface area contributed by atoms with E-state index in [0.29, 0.717) is 17.0 Å². The van der Waals surface area contributed by atoms with E-state index in [9.17, 15) is 8.78 Å². The predicted molar refractivity (Wildman–Crippen MR) is 77.0 cm³/mol. The highest BCUT2D eigenvalue weighted by Crippen LogP contribution is 2.21. The average Bonchev–Trinajstić information content (AvgIpc) is 2.79. The summed E-state index contributed by atoms with van der Waals surface area (Å²) in [5, 5.41) is 0. The molecule has 0 aliphatic carbocycles. The third kappa shape index (κ3) is 2.63. The quantitative estimate of drug-likeness (QED) is 0.655. The van der Waals surface area contributed by atoms with Crippen LogP contribution in [0.25, 0.3) is 23.3 Å². The van der Waals surface area contributed by atoms with Gasteiger partial charge in [0.1, 0.15) is 17.2 Å². The van der Waals surface area contributed by atoms with Crippen molar-refractivity contribution in [3.63, 3.8) is 0 Å². The van der Waals surface area contributed by atoms with E-state index < -0.39 is 11.6 Å². The lowest BCUT2D eigenvalue weighted by Gasteiger charge is -1.95. The third-order valence-corrected chi connectivity index (χ3v) is 3.23. The van der Waals surface area contributed by atoms with Crippen molar-refractivity contribution < 1.29 is 13.2 Å². The molecule has 0 aliphatic rings. The van der Waals surface area contributed by atoms with Crippen LogP contribution in [0.3, 0.4) is 0 Å². The molecule has 0 aliphatic heterocycles. The van der Waals surface area contributed by atoms with Crippen molar-refractivity contribution in [3.05, 3.63) is 64.0 Å². The molecular formula is C15H8BrF2NO. The molecule has 0 saturated carbocycles. The first-order valence-corrected chi connectivity index (χ1v) is 6.60. The molecule has 5 heteroatoms. The number of halogens is 3. The van der Waals surface area contributed by atoms with E-state index in [-0.39, 0.29) is 5.56 Å². The highest BCUT2D eigenvalue weighted by molar-refractivity contribution is 9.10. The zero-order valence-corrected chi connectivity index (χ0v) is 11.7. The molecule has 2 nitrogen and oxygen atoms in total. The fourth-order valence-corrected chi connectivity index (χ4v) is 2.14. The largest absolute Gasteiger partial charge is 0.437 e. The monoisotopic (exact) mass is 335 g/mol. The summed E-state index contributed by atoms with van der Waals surface area (Å²) in [4.78, 5) is 4.26. The van der Waals surface area contributed by atoms with Crippen molar-refractivity contribution >= 4 is 39.2 Å². The molecule has 0 radical (unpaired) electrons. The molecular weight excluding hydrogens is 328 g/mol. The van der Waals surface area contributed by atoms with Crippen LogP contribution in [0.2, 0.25) is 0 Å². The Hall–Kier alpha value is -2.01. The van der Waals surface area contributed by atoms with Gasteiger partial charge < -0.3 is 4.42 Å². The fraction of sp³-hybridized carbons (Fsp3) is 0. The number of fused-ring (bicyclic) bond motifs is 1. The molecule has 0 unspecified atom stereocenters. The molecule has 0 spiro atoms. The van der Waals surface area contributed by atoms with Crippen LogP contribution in [-0.4, -0.2) is 4.98 Å². The molecule has 20 heavy (non-hydrogen) atoms. The second kappa shape index (κ2) is 5.17. The van der Waals surface area contributed by atoms with Gasteiger partial charge in [-0.05, 0) is 36.4 Å². The van der Waals surface area contributed by atoms with Crippen molar-refractivity contribution in [3.8, 4) is 0 Å². The normalized spacial score (nSPS) is 11.6. The summed E-state index contributed by atoms with van der Waals surface area (Å²) in [7, 11) is 0. The highest BCUT2D eigenvalue weighted by Gasteiger charge is 2.04. The average molecular weight is 336 g/mol. The van der Waals surface area contributed by atoms with Gasteiger partial charge >= 0.3 is 0 Å². The summed E-state index contributed by atoms with van der Waals surface area (Å²) in [5.74, 6) is -0.867. The van der Waals surface area contributed by atoms with Crippen LogP contribution in [-0.2, 0) is 0 Å². The van der Waals surface area contributed by atoms with E-state index in [4.69, 9.17) is 4.42 Å². The summed E-state index contributed by atoms with van der Waals surface area (Å²) in [6.07, 6.45) is 3.04. The number of rotatable bonds is 2. The zero-order chi connectivity index (χ0) is 14.1. The van der Waals surface area contributed by atoms with Crippen LogP contribution in [0, 0.1) is 11.6 Å². The number of benzene rings is 2. The first-order valence-electron chi connectivity index (χ1n) is 5.81. The topological polar surface area (TPSA) is 26.0 Å². The standard InChI is InChI=1S/C15H8BrF2NO/c16-10-3-5-14-13(7-10)19-15(20-14)6-2-9-1-4-11(17)8-12(9)18/h1-8H. The second-order valence-corrected chi connectivity index (χ2v) is 5.08. The molecule has 0 fully saturated rings. The molecule has 1 heterocycles. The molecule has 0 bridgehead atoms. The molecule has 0 amide bonds. The maximum Gasteiger partial charge on any atom is 0.220 e. The molecule has 0 atom stereocenters. The molecule has 100 valence electrons. The van der Waals surface area contributed by atoms with Crippen LogP contribution in [0.5, 0.6) is 0 Å². The molecule has 3 rings (SSSR count). The van der Waals surface area contributed by atoms with Crippen LogP contribution in [0.15, 0.2) is 45.3 Å². The highest BCUT2D eigenvalue weighted by atomic mass is 79.9. The number of hydrogen-bond acceptors (Lipinski definition) is 2. The maximum absolute atomic E-state index is 13.5. The Morgan fingerprint density at radius 2 is 1.90 bits per heavy atom. The van der Waals surface area contributed by atoms with Gasteiger partial charge in [0, 0.05) is 22.2 Å². The summed E-state index contributed by atoms with van der Waals surface area (Å²) < 4.78 is 32.6. The van der Waals surface area contributed by atoms with Gasteiger partial charge in [0.2, 0.25) is 5.89 Å². The summed E-state index contributed by atoms with van der Waals surface area (Å²) in [6, 6.07) is 8.87. The van der Waals surface area contributed by atoms with Gasteiger partial charge in [-0.25, -0.2) is 13.8 Å². The minimum absolute atomic E-state index is 0.273. The second-order valence-electron chi connectivity index (χ2n) is 4.16. The lowest BCUT2D eigenvalue weighted by molar-refractivity contribution is 0.581. The smallest absolute Gasteiger partial charge is 0.220 e. The minimum Gasteiger partial charge on any atom is -0.437 e. The van der Waals surface area contributed by atoms with Gasteiger partial charge in [0.05, 0.1) is 0 Å². The van der Waals surface area contributed by atoms with Crippen LogP contribution in [0.1, 0.15) is 11.5 Å². The summed E-state index contributed by atoms with van der Waals surface area (Å²) in [6.45, 7) is 0. The van der Waals surface area contributed by atoms with Gasteiger partial charge in [-0.15, -0.1) is 0 Å². The molecule has 3 aromatic rings. The van der Waals surface area contributed by atoms with Crippen LogP contribution in [0.4, 0.5) is 8.78 Å². The Kier molecular flexibility index (Phi) is 3.36. The predicted octanol–water partition coefficient (Wildman–Crippen LogP) is 5.04. The van der Waals surface area contributed by atoms with Gasteiger partial charge in [-0.3, -0.25) is 0 Å². The summed E-state index contributed by atoms with van der Waals surface area (Å²) in [5.41, 5.74) is 1.63. The SMILES string of the molecule is Fc1ccc(C=Cc2nc3cc(Br)ccc3o2)c(F)c1. The third-order valence-electron chi connectivity index (χ3n) is 2.73. The van der Waals surface area contributed by atoms with Crippen molar-refractivity contribution in [2.75, 3.05) is 0 Å². The Labute approximate surface area is 121 Å². The first kappa shape index (κ1) is 13.0. The first-order chi connectivity index (χ1) is 9.61. The fourth-order valence-electron chi connectivity index (χ4n) is 1.79. The number of nitrogens with zero attached hydrogens (tertiary/aromatic N) is 1. The summed E-state index contributed by atoms with van der Waals surface area (Å²) >= 11 is 3.35. The van der Waals surface area contributed by atoms with Gasteiger partial charge in [0.15, 0.2) is 5.58 Å². The van der Waals surface area contributed by atoms with E-state index in [0.717, 1.165) is 10.5 Å². The Balaban J connectivity index is 1.94. The zero-order valence-electron chi connectivity index (χ0n) is 10.1. The number of oxazole rings is 1. The molecule has 0 saturated heterocycles. The lowest BCUT2D eigenvalue weighted by Crippen LogP contribution is -1.83. The van der Waals surface area contributed by atoms with Gasteiger partial charge in [-0.2, -0.15) is 0 Å². The maximum atomic E-state index is 13.5. The molecule has 2 aromatic carbocycles. The molecule has 0 N–H and O–H groups in total. The van der Waals surface area contributed by atoms with Gasteiger partial charge in [0.25, 0.3) is 0 Å². The van der Waals surface area contributed by atoms with Crippen molar-refractivity contribution in [1.29, 1.82) is 0 Å². The Morgan fingerprint density at radius 3 is 2.70 bits per heavy atom. The number of hydrogen-bond donors (Lipinski definition) is 0. The van der Waals surface area contributed by atoms with E-state index in [1.54, 1.807) is 12.1 Å². The van der Waals surface area contributed by atoms with Crippen LogP contribution < -0.4 is 0 Å². The molecule has 1 aromatic heterocycles. The van der Waals surface area contributed by atoms with E-state index >= 15 is 0 Å². The van der Waals surface area contributed by atoms with E-state index in [1.807, 2.05) is 12.1 Å². The number of aromatic nitrogens is 1. The van der Waals surface area contributed by atoms with Crippen molar-refractivity contribution in [2.45, 2.75) is 0 Å². The Morgan fingerprint density at radius 1 is 1.05 bits per heavy atom. The van der Waals surface area contributed by atoms with Gasteiger partial charge in [-0.1, -0.05) is 15.9 Å². The van der Waals surface area contributed by atoms with Crippen molar-refractivity contribution in [2.24, 2.45) is 0 Å². The lowest BCUT2D eigenvalue weighted by atomic mass is 10.2. The minimum atomic E-state index is -0.625. The Bertz CT molecular complexity index is 811.